The molecule has 0 aliphatic carbocycles. The highest BCUT2D eigenvalue weighted by Gasteiger charge is 2.09. The Hall–Kier alpha value is 1.07. The lowest BCUT2D eigenvalue weighted by Gasteiger charge is -1.88. The molecule has 2 fully saturated rings. The van der Waals surface area contributed by atoms with E-state index in [4.69, 9.17) is 0 Å². The van der Waals surface area contributed by atoms with Gasteiger partial charge in [-0.15, -0.1) is 0 Å². The van der Waals surface area contributed by atoms with Crippen LogP contribution in [0.15, 0.2) is 0 Å². The van der Waals surface area contributed by atoms with Gasteiger partial charge in [0.1, 0.15) is 5.78 Å². The Kier molecular flexibility index (Phi) is 17.2. The van der Waals surface area contributed by atoms with Crippen molar-refractivity contribution in [3.05, 3.63) is 0 Å². The Morgan fingerprint density at radius 1 is 0.944 bits per heavy atom. The quantitative estimate of drug-likeness (QED) is 0.576. The molecule has 2 rings (SSSR count). The van der Waals surface area contributed by atoms with Crippen LogP contribution in [0.3, 0.4) is 0 Å². The second-order valence-electron chi connectivity index (χ2n) is 4.40. The van der Waals surface area contributed by atoms with E-state index in [9.17, 15) is 4.79 Å². The van der Waals surface area contributed by atoms with Crippen LogP contribution < -0.4 is 0 Å². The fourth-order valence-corrected chi connectivity index (χ4v) is 6.78. The van der Waals surface area contributed by atoms with E-state index in [0.29, 0.717) is 6.42 Å². The first-order chi connectivity index (χ1) is 8.06. The van der Waals surface area contributed by atoms with E-state index >= 15 is 0 Å². The summed E-state index contributed by atoms with van der Waals surface area (Å²) in [6.07, 6.45) is 0.667. The molecule has 110 valence electrons. The largest absolute Gasteiger partial charge is 0.300 e. The summed E-state index contributed by atoms with van der Waals surface area (Å²) < 4.78 is 0. The van der Waals surface area contributed by atoms with E-state index in [0.717, 1.165) is 11.8 Å². The molecule has 0 amide bonds. The standard InChI is InChI=1S/C4H8O.2C4H8S2.CH4/c1-3-4(2)5;2*1-4-2-5-6-3-4;/h3H2,1-2H3;2*4H,2-3H2,1H3;1H4. The van der Waals surface area contributed by atoms with Gasteiger partial charge in [-0.25, -0.2) is 0 Å². The first-order valence-electron chi connectivity index (χ1n) is 6.04. The fourth-order valence-electron chi connectivity index (χ4n) is 0.753. The molecule has 2 aliphatic rings. The average molecular weight is 329 g/mol. The molecule has 0 spiro atoms. The Balaban J connectivity index is 0. The van der Waals surface area contributed by atoms with Gasteiger partial charge < -0.3 is 4.79 Å². The van der Waals surface area contributed by atoms with Crippen molar-refractivity contribution in [2.24, 2.45) is 11.8 Å². The van der Waals surface area contributed by atoms with Crippen LogP contribution in [-0.2, 0) is 4.79 Å². The molecule has 0 aromatic heterocycles. The second kappa shape index (κ2) is 14.5. The highest BCUT2D eigenvalue weighted by atomic mass is 33.1. The minimum Gasteiger partial charge on any atom is -0.300 e. The highest BCUT2D eigenvalue weighted by Crippen LogP contribution is 2.34. The van der Waals surface area contributed by atoms with Crippen molar-refractivity contribution in [3.8, 4) is 0 Å². The van der Waals surface area contributed by atoms with E-state index in [-0.39, 0.29) is 13.2 Å². The third-order valence-electron chi connectivity index (χ3n) is 2.07. The summed E-state index contributed by atoms with van der Waals surface area (Å²) >= 11 is 0. The zero-order valence-electron chi connectivity index (χ0n) is 11.2. The van der Waals surface area contributed by atoms with Gasteiger partial charge in [-0.3, -0.25) is 0 Å². The fraction of sp³-hybridized carbons (Fsp3) is 0.923. The summed E-state index contributed by atoms with van der Waals surface area (Å²) in [7, 11) is 8.00. The van der Waals surface area contributed by atoms with Gasteiger partial charge in [-0.2, -0.15) is 0 Å². The zero-order chi connectivity index (χ0) is 13.1. The predicted octanol–water partition coefficient (Wildman–Crippen LogP) is 5.66. The Morgan fingerprint density at radius 3 is 1.22 bits per heavy atom. The monoisotopic (exact) mass is 328 g/mol. The number of carbonyl (C=O) groups excluding carboxylic acids is 1. The van der Waals surface area contributed by atoms with E-state index in [2.05, 4.69) is 13.8 Å². The van der Waals surface area contributed by atoms with Crippen LogP contribution >= 0.6 is 43.2 Å². The lowest BCUT2D eigenvalue weighted by Crippen LogP contribution is -1.90. The van der Waals surface area contributed by atoms with Crippen molar-refractivity contribution < 1.29 is 4.79 Å². The summed E-state index contributed by atoms with van der Waals surface area (Å²) in [6.45, 7) is 8.03. The molecule has 0 atom stereocenters. The molecule has 0 radical (unpaired) electrons. The van der Waals surface area contributed by atoms with E-state index in [1.807, 2.05) is 50.1 Å². The molecule has 0 saturated carbocycles. The third-order valence-corrected chi connectivity index (χ3v) is 7.86. The van der Waals surface area contributed by atoms with E-state index in [1.165, 1.54) is 23.0 Å². The second-order valence-corrected chi connectivity index (χ2v) is 9.51. The minimum atomic E-state index is 0. The molecular formula is C13H28OS4. The van der Waals surface area contributed by atoms with Crippen LogP contribution in [-0.4, -0.2) is 28.8 Å². The molecule has 5 heteroatoms. The van der Waals surface area contributed by atoms with Crippen molar-refractivity contribution in [1.29, 1.82) is 0 Å². The van der Waals surface area contributed by atoms with E-state index < -0.39 is 0 Å². The summed E-state index contributed by atoms with van der Waals surface area (Å²) in [4.78, 5) is 9.81. The van der Waals surface area contributed by atoms with Gasteiger partial charge in [-0.05, 0) is 18.8 Å². The van der Waals surface area contributed by atoms with Gasteiger partial charge in [-0.1, -0.05) is 71.4 Å². The molecule has 0 aromatic carbocycles. The predicted molar refractivity (Wildman–Crippen MR) is 95.9 cm³/mol. The summed E-state index contributed by atoms with van der Waals surface area (Å²) in [6, 6.07) is 0. The maximum atomic E-state index is 9.81. The first kappa shape index (κ1) is 21.4. The molecule has 0 N–H and O–H groups in total. The van der Waals surface area contributed by atoms with Crippen molar-refractivity contribution in [1.82, 2.24) is 0 Å². The molecule has 18 heavy (non-hydrogen) atoms. The van der Waals surface area contributed by atoms with Crippen LogP contribution in [0.5, 0.6) is 0 Å². The Morgan fingerprint density at radius 2 is 1.17 bits per heavy atom. The minimum absolute atomic E-state index is 0. The van der Waals surface area contributed by atoms with Gasteiger partial charge >= 0.3 is 0 Å². The Labute approximate surface area is 130 Å². The number of Topliss-reactive ketones (excluding diaryl/α,β-unsaturated/α-hetero) is 1. The normalized spacial score (nSPS) is 19.1. The molecule has 2 aliphatic heterocycles. The van der Waals surface area contributed by atoms with Crippen molar-refractivity contribution in [2.45, 2.75) is 41.5 Å². The third kappa shape index (κ3) is 15.1. The smallest absolute Gasteiger partial charge is 0.129 e. The zero-order valence-corrected chi connectivity index (χ0v) is 14.5. The molecule has 1 nitrogen and oxygen atoms in total. The number of rotatable bonds is 1. The number of hydrogen-bond acceptors (Lipinski definition) is 5. The van der Waals surface area contributed by atoms with Gasteiger partial charge in [0.15, 0.2) is 0 Å². The van der Waals surface area contributed by atoms with Crippen molar-refractivity contribution >= 4 is 49.0 Å². The molecule has 0 aromatic rings. The molecule has 0 unspecified atom stereocenters. The molecular weight excluding hydrogens is 300 g/mol. The van der Waals surface area contributed by atoms with Crippen molar-refractivity contribution in [3.63, 3.8) is 0 Å². The van der Waals surface area contributed by atoms with Crippen LogP contribution in [0, 0.1) is 11.8 Å². The van der Waals surface area contributed by atoms with Gasteiger partial charge in [0.25, 0.3) is 0 Å². The lowest BCUT2D eigenvalue weighted by molar-refractivity contribution is -0.116. The van der Waals surface area contributed by atoms with Crippen LogP contribution in [0.4, 0.5) is 0 Å². The van der Waals surface area contributed by atoms with Crippen LogP contribution in [0.1, 0.15) is 41.5 Å². The highest BCUT2D eigenvalue weighted by molar-refractivity contribution is 8.77. The van der Waals surface area contributed by atoms with Crippen molar-refractivity contribution in [2.75, 3.05) is 23.0 Å². The van der Waals surface area contributed by atoms with E-state index in [1.54, 1.807) is 6.92 Å². The maximum absolute atomic E-state index is 9.81. The summed E-state index contributed by atoms with van der Waals surface area (Å²) in [5.74, 6) is 7.66. The molecule has 2 saturated heterocycles. The summed E-state index contributed by atoms with van der Waals surface area (Å²) in [5, 5.41) is 0. The topological polar surface area (TPSA) is 17.1 Å². The molecule has 0 bridgehead atoms. The van der Waals surface area contributed by atoms with Gasteiger partial charge in [0.2, 0.25) is 0 Å². The Bertz CT molecular complexity index is 173. The summed E-state index contributed by atoms with van der Waals surface area (Å²) in [5.41, 5.74) is 0. The maximum Gasteiger partial charge on any atom is 0.129 e. The SMILES string of the molecule is C.CC1CSSC1.CC1CSSC1.CCC(C)=O. The van der Waals surface area contributed by atoms with Crippen LogP contribution in [0.25, 0.3) is 0 Å². The molecule has 2 heterocycles. The number of ketones is 1. The van der Waals surface area contributed by atoms with Crippen LogP contribution in [0.2, 0.25) is 0 Å². The number of hydrogen-bond donors (Lipinski definition) is 0. The first-order valence-corrected chi connectivity index (χ1v) is 11.0. The van der Waals surface area contributed by atoms with Gasteiger partial charge in [0.05, 0.1) is 0 Å². The average Bonchev–Trinajstić information content (AvgIpc) is 2.93. The lowest BCUT2D eigenvalue weighted by atomic mass is 10.3. The van der Waals surface area contributed by atoms with Gasteiger partial charge in [0, 0.05) is 29.4 Å². The number of carbonyl (C=O) groups is 1.